The van der Waals surface area contributed by atoms with Crippen LogP contribution in [0.2, 0.25) is 0 Å². The molecule has 0 unspecified atom stereocenters. The van der Waals surface area contributed by atoms with E-state index in [1.165, 1.54) is 11.8 Å². The van der Waals surface area contributed by atoms with Crippen LogP contribution in [0.15, 0.2) is 84.1 Å². The van der Waals surface area contributed by atoms with Gasteiger partial charge in [-0.05, 0) is 48.9 Å². The number of aryl methyl sites for hydroxylation is 1. The topological polar surface area (TPSA) is 84.8 Å². The summed E-state index contributed by atoms with van der Waals surface area (Å²) in [5.41, 5.74) is 4.77. The molecule has 0 radical (unpaired) electrons. The summed E-state index contributed by atoms with van der Waals surface area (Å²) in [6.07, 6.45) is 1.95. The number of aromatic nitrogens is 4. The lowest BCUT2D eigenvalue weighted by Gasteiger charge is -2.12. The van der Waals surface area contributed by atoms with Crippen LogP contribution >= 0.6 is 11.8 Å². The number of thioether (sulfide) groups is 1. The Hall–Kier alpha value is -4.04. The number of methoxy groups -OCH3 is 1. The van der Waals surface area contributed by atoms with Crippen molar-refractivity contribution in [2.75, 3.05) is 18.2 Å². The molecule has 5 aromatic rings. The van der Waals surface area contributed by atoms with Crippen molar-refractivity contribution in [3.05, 3.63) is 84.6 Å². The number of nitrogens with zero attached hydrogens (tertiary/aromatic N) is 3. The van der Waals surface area contributed by atoms with Gasteiger partial charge in [-0.1, -0.05) is 48.2 Å². The normalized spacial score (nSPS) is 11.0. The third-order valence-corrected chi connectivity index (χ3v) is 6.45. The highest BCUT2D eigenvalue weighted by molar-refractivity contribution is 7.99. The number of fused-ring (bicyclic) bond motifs is 1. The standard InChI is InChI=1S/C26H23N5O2S/c1-17-7-3-6-10-23(17)31-25(21-15-27-22-9-5-4-8-20(21)22)29-30-26(31)34-16-24(32)28-18-11-13-19(33-2)14-12-18/h3-15,27H,16H2,1-2H3,(H,28,32). The third-order valence-electron chi connectivity index (χ3n) is 5.53. The van der Waals surface area contributed by atoms with Crippen LogP contribution < -0.4 is 10.1 Å². The summed E-state index contributed by atoms with van der Waals surface area (Å²) in [6.45, 7) is 2.05. The van der Waals surface area contributed by atoms with Crippen LogP contribution in [0.3, 0.4) is 0 Å². The lowest BCUT2D eigenvalue weighted by Crippen LogP contribution is -2.14. The maximum absolute atomic E-state index is 12.6. The van der Waals surface area contributed by atoms with Crippen molar-refractivity contribution in [1.82, 2.24) is 19.7 Å². The highest BCUT2D eigenvalue weighted by Gasteiger charge is 2.20. The van der Waals surface area contributed by atoms with Crippen molar-refractivity contribution in [3.8, 4) is 22.8 Å². The number of aromatic amines is 1. The van der Waals surface area contributed by atoms with E-state index in [0.29, 0.717) is 10.8 Å². The largest absolute Gasteiger partial charge is 0.497 e. The molecule has 0 spiro atoms. The summed E-state index contributed by atoms with van der Waals surface area (Å²) in [7, 11) is 1.61. The Morgan fingerprint density at radius 2 is 1.79 bits per heavy atom. The van der Waals surface area contributed by atoms with E-state index < -0.39 is 0 Å². The van der Waals surface area contributed by atoms with Gasteiger partial charge in [0.25, 0.3) is 0 Å². The lowest BCUT2D eigenvalue weighted by atomic mass is 10.1. The van der Waals surface area contributed by atoms with E-state index in [9.17, 15) is 4.79 Å². The SMILES string of the molecule is COc1ccc(NC(=O)CSc2nnc(-c3c[nH]c4ccccc34)n2-c2ccccc2C)cc1. The first-order chi connectivity index (χ1) is 16.6. The molecule has 0 aliphatic carbocycles. The van der Waals surface area contributed by atoms with Crippen molar-refractivity contribution in [2.24, 2.45) is 0 Å². The van der Waals surface area contributed by atoms with Gasteiger partial charge in [-0.25, -0.2) is 0 Å². The number of hydrogen-bond donors (Lipinski definition) is 2. The van der Waals surface area contributed by atoms with E-state index in [0.717, 1.165) is 39.3 Å². The molecule has 2 heterocycles. The number of H-pyrrole nitrogens is 1. The van der Waals surface area contributed by atoms with Gasteiger partial charge in [-0.15, -0.1) is 10.2 Å². The fourth-order valence-electron chi connectivity index (χ4n) is 3.83. The molecule has 0 atom stereocenters. The van der Waals surface area contributed by atoms with Crippen molar-refractivity contribution in [2.45, 2.75) is 12.1 Å². The quantitative estimate of drug-likeness (QED) is 0.309. The molecular formula is C26H23N5O2S. The zero-order valence-electron chi connectivity index (χ0n) is 18.8. The van der Waals surface area contributed by atoms with Crippen LogP contribution in [0, 0.1) is 6.92 Å². The van der Waals surface area contributed by atoms with Crippen LogP contribution in [0.5, 0.6) is 5.75 Å². The molecule has 0 aliphatic rings. The molecule has 2 N–H and O–H groups in total. The first-order valence-corrected chi connectivity index (χ1v) is 11.8. The number of ether oxygens (including phenoxy) is 1. The van der Waals surface area contributed by atoms with Crippen LogP contribution in [-0.4, -0.2) is 38.5 Å². The molecule has 3 aromatic carbocycles. The number of carbonyl (C=O) groups excluding carboxylic acids is 1. The summed E-state index contributed by atoms with van der Waals surface area (Å²) < 4.78 is 7.19. The van der Waals surface area contributed by atoms with Gasteiger partial charge >= 0.3 is 0 Å². The smallest absolute Gasteiger partial charge is 0.234 e. The monoisotopic (exact) mass is 469 g/mol. The molecule has 0 saturated carbocycles. The van der Waals surface area contributed by atoms with E-state index >= 15 is 0 Å². The Labute approximate surface area is 201 Å². The molecule has 0 fully saturated rings. The minimum Gasteiger partial charge on any atom is -0.497 e. The molecule has 7 nitrogen and oxygen atoms in total. The summed E-state index contributed by atoms with van der Waals surface area (Å²) in [4.78, 5) is 16.0. The lowest BCUT2D eigenvalue weighted by molar-refractivity contribution is -0.113. The second kappa shape index (κ2) is 9.44. The molecule has 0 saturated heterocycles. The van der Waals surface area contributed by atoms with Gasteiger partial charge < -0.3 is 15.0 Å². The Bertz CT molecular complexity index is 1460. The molecule has 1 amide bonds. The summed E-state index contributed by atoms with van der Waals surface area (Å²) in [6, 6.07) is 23.4. The molecule has 0 bridgehead atoms. The number of para-hydroxylation sites is 2. The summed E-state index contributed by atoms with van der Waals surface area (Å²) >= 11 is 1.35. The van der Waals surface area contributed by atoms with Crippen LogP contribution in [0.1, 0.15) is 5.56 Å². The Morgan fingerprint density at radius 3 is 2.59 bits per heavy atom. The zero-order chi connectivity index (χ0) is 23.5. The molecule has 170 valence electrons. The predicted molar refractivity (Wildman–Crippen MR) is 136 cm³/mol. The Balaban J connectivity index is 1.45. The van der Waals surface area contributed by atoms with Crippen LogP contribution in [-0.2, 0) is 4.79 Å². The zero-order valence-corrected chi connectivity index (χ0v) is 19.6. The fraction of sp³-hybridized carbons (Fsp3) is 0.115. The van der Waals surface area contributed by atoms with E-state index in [1.54, 1.807) is 7.11 Å². The number of rotatable bonds is 7. The number of amides is 1. The van der Waals surface area contributed by atoms with E-state index in [1.807, 2.05) is 71.4 Å². The fourth-order valence-corrected chi connectivity index (χ4v) is 4.57. The first kappa shape index (κ1) is 21.8. The van der Waals surface area contributed by atoms with Gasteiger partial charge in [0, 0.05) is 28.4 Å². The van der Waals surface area contributed by atoms with Crippen molar-refractivity contribution in [3.63, 3.8) is 0 Å². The van der Waals surface area contributed by atoms with Gasteiger partial charge in [-0.2, -0.15) is 0 Å². The maximum atomic E-state index is 12.6. The number of carbonyl (C=O) groups is 1. The minimum absolute atomic E-state index is 0.122. The highest BCUT2D eigenvalue weighted by Crippen LogP contribution is 2.33. The Kier molecular flexibility index (Phi) is 6.05. The molecule has 2 aromatic heterocycles. The summed E-state index contributed by atoms with van der Waals surface area (Å²) in [5.74, 6) is 1.54. The van der Waals surface area contributed by atoms with Gasteiger partial charge in [-0.3, -0.25) is 9.36 Å². The van der Waals surface area contributed by atoms with Gasteiger partial charge in [0.05, 0.1) is 18.6 Å². The highest BCUT2D eigenvalue weighted by atomic mass is 32.2. The molecule has 34 heavy (non-hydrogen) atoms. The maximum Gasteiger partial charge on any atom is 0.234 e. The van der Waals surface area contributed by atoms with Gasteiger partial charge in [0.2, 0.25) is 5.91 Å². The second-order valence-electron chi connectivity index (χ2n) is 7.74. The van der Waals surface area contributed by atoms with Gasteiger partial charge in [0.1, 0.15) is 5.75 Å². The first-order valence-electron chi connectivity index (χ1n) is 10.8. The number of hydrogen-bond acceptors (Lipinski definition) is 5. The average Bonchev–Trinajstić information content (AvgIpc) is 3.47. The Morgan fingerprint density at radius 1 is 1.03 bits per heavy atom. The molecular weight excluding hydrogens is 446 g/mol. The molecule has 0 aliphatic heterocycles. The van der Waals surface area contributed by atoms with Crippen molar-refractivity contribution in [1.29, 1.82) is 0 Å². The van der Waals surface area contributed by atoms with Gasteiger partial charge in [0.15, 0.2) is 11.0 Å². The van der Waals surface area contributed by atoms with Crippen molar-refractivity contribution < 1.29 is 9.53 Å². The molecule has 5 rings (SSSR count). The van der Waals surface area contributed by atoms with E-state index in [-0.39, 0.29) is 11.7 Å². The number of anilines is 1. The average molecular weight is 470 g/mol. The van der Waals surface area contributed by atoms with Crippen LogP contribution in [0.25, 0.3) is 28.0 Å². The third kappa shape index (κ3) is 4.27. The summed E-state index contributed by atoms with van der Waals surface area (Å²) in [5, 5.41) is 13.6. The van der Waals surface area contributed by atoms with E-state index in [4.69, 9.17) is 4.74 Å². The second-order valence-corrected chi connectivity index (χ2v) is 8.68. The molecule has 8 heteroatoms. The van der Waals surface area contributed by atoms with Crippen molar-refractivity contribution >= 4 is 34.3 Å². The van der Waals surface area contributed by atoms with Crippen LogP contribution in [0.4, 0.5) is 5.69 Å². The number of nitrogens with one attached hydrogen (secondary N) is 2. The minimum atomic E-state index is -0.122. The predicted octanol–water partition coefficient (Wildman–Crippen LogP) is 5.46. The van der Waals surface area contributed by atoms with E-state index in [2.05, 4.69) is 39.6 Å². The number of benzene rings is 3.